The number of ether oxygens (including phenoxy) is 3. The summed E-state index contributed by atoms with van der Waals surface area (Å²) in [5.74, 6) is -5.17. The number of nitrogens with zero attached hydrogens (tertiary/aromatic N) is 2. The second-order valence-corrected chi connectivity index (χ2v) is 8.25. The van der Waals surface area contributed by atoms with Crippen LogP contribution in [-0.2, 0) is 26.0 Å². The van der Waals surface area contributed by atoms with Crippen LogP contribution in [0.5, 0.6) is 0 Å². The number of aliphatic hydroxyl groups excluding tert-OH is 5. The minimum atomic E-state index is -2.73. The van der Waals surface area contributed by atoms with Gasteiger partial charge in [0.05, 0.1) is 25.7 Å². The largest absolute Gasteiger partial charge is 0.394 e. The molecular formula is C19H24N4O12. The Labute approximate surface area is 194 Å². The van der Waals surface area contributed by atoms with Crippen molar-refractivity contribution in [3.05, 3.63) is 65.7 Å². The molecule has 7 N–H and O–H groups in total. The van der Waals surface area contributed by atoms with Crippen molar-refractivity contribution >= 4 is 0 Å². The molecule has 16 nitrogen and oxygen atoms in total. The summed E-state index contributed by atoms with van der Waals surface area (Å²) in [7, 11) is 0. The zero-order chi connectivity index (χ0) is 25.7. The highest BCUT2D eigenvalue weighted by Crippen LogP contribution is 2.45. The van der Waals surface area contributed by atoms with Crippen LogP contribution in [0.2, 0.25) is 0 Å². The van der Waals surface area contributed by atoms with Gasteiger partial charge in [0.1, 0.15) is 18.3 Å². The SMILES string of the molecule is Cc1cn([C@@]2(O[C@@]3(n4ccc(=O)[nH]c4=O)O[C@H](CO)[C@@H](O)[C@H]3O)C[C@H](O)[C@@H](CO)O2)c(=O)[nH]c1=O. The standard InChI is InChI=1S/C19H24N4O12/c1-8-5-23(17(32)21-15(8)30)18(4-9(26)10(6-24)33-18)35-19(14(29)13(28)11(7-25)34-19)22-3-2-12(27)20-16(22)31/h2-3,5,9-11,13-14,24-26,28-29H,4,6-7H2,1H3,(H,20,27,31)(H,21,30,32)/t9-,10+,11+,13+,14+,18-,19-/m0/s1. The van der Waals surface area contributed by atoms with Gasteiger partial charge in [-0.25, -0.2) is 18.7 Å². The third kappa shape index (κ3) is 3.99. The Bertz CT molecular complexity index is 1330. The molecule has 2 aliphatic heterocycles. The molecule has 0 saturated carbocycles. The van der Waals surface area contributed by atoms with E-state index in [0.29, 0.717) is 4.57 Å². The van der Waals surface area contributed by atoms with Crippen LogP contribution in [0.4, 0.5) is 0 Å². The first-order valence-corrected chi connectivity index (χ1v) is 10.4. The lowest BCUT2D eigenvalue weighted by molar-refractivity contribution is -0.434. The molecule has 0 amide bonds. The molecule has 0 unspecified atom stereocenters. The number of hydrogen-bond acceptors (Lipinski definition) is 12. The van der Waals surface area contributed by atoms with Crippen molar-refractivity contribution in [3.63, 3.8) is 0 Å². The first-order chi connectivity index (χ1) is 16.5. The summed E-state index contributed by atoms with van der Waals surface area (Å²) in [6.07, 6.45) is -6.90. The van der Waals surface area contributed by atoms with E-state index in [2.05, 4.69) is 0 Å². The molecule has 7 atom stereocenters. The fourth-order valence-electron chi connectivity index (χ4n) is 4.15. The summed E-state index contributed by atoms with van der Waals surface area (Å²) in [6.45, 7) is -0.221. The smallest absolute Gasteiger partial charge is 0.332 e. The minimum Gasteiger partial charge on any atom is -0.394 e. The molecule has 16 heteroatoms. The van der Waals surface area contributed by atoms with Crippen LogP contribution in [0.1, 0.15) is 12.0 Å². The molecule has 0 spiro atoms. The molecule has 2 aromatic rings. The van der Waals surface area contributed by atoms with E-state index in [1.807, 2.05) is 9.97 Å². The van der Waals surface area contributed by atoms with Crippen LogP contribution in [0.3, 0.4) is 0 Å². The topological polar surface area (TPSA) is 239 Å². The van der Waals surface area contributed by atoms with Gasteiger partial charge in [-0.15, -0.1) is 0 Å². The third-order valence-corrected chi connectivity index (χ3v) is 5.94. The molecule has 2 aliphatic rings. The van der Waals surface area contributed by atoms with Crippen molar-refractivity contribution in [2.75, 3.05) is 13.2 Å². The Balaban J connectivity index is 1.97. The molecule has 35 heavy (non-hydrogen) atoms. The number of rotatable bonds is 6. The van der Waals surface area contributed by atoms with Crippen LogP contribution in [0, 0.1) is 6.92 Å². The summed E-state index contributed by atoms with van der Waals surface area (Å²) in [5, 5.41) is 51.2. The molecule has 2 fully saturated rings. The summed E-state index contributed by atoms with van der Waals surface area (Å²) >= 11 is 0. The second-order valence-electron chi connectivity index (χ2n) is 8.25. The Morgan fingerprint density at radius 2 is 1.69 bits per heavy atom. The first kappa shape index (κ1) is 25.1. The van der Waals surface area contributed by atoms with Gasteiger partial charge in [0.15, 0.2) is 6.10 Å². The number of aryl methyl sites for hydroxylation is 1. The van der Waals surface area contributed by atoms with Gasteiger partial charge in [-0.3, -0.25) is 24.3 Å². The quantitative estimate of drug-likeness (QED) is 0.197. The maximum absolute atomic E-state index is 12.8. The van der Waals surface area contributed by atoms with Gasteiger partial charge in [-0.1, -0.05) is 0 Å². The Morgan fingerprint density at radius 3 is 2.26 bits per heavy atom. The zero-order valence-corrected chi connectivity index (χ0v) is 18.2. The molecule has 2 saturated heterocycles. The Hall–Kier alpha value is -2.96. The molecule has 192 valence electrons. The van der Waals surface area contributed by atoms with E-state index in [0.717, 1.165) is 23.0 Å². The van der Waals surface area contributed by atoms with E-state index in [-0.39, 0.29) is 5.56 Å². The summed E-state index contributed by atoms with van der Waals surface area (Å²) in [5.41, 5.74) is -3.79. The van der Waals surface area contributed by atoms with Crippen LogP contribution in [0.25, 0.3) is 0 Å². The molecule has 0 aliphatic carbocycles. The zero-order valence-electron chi connectivity index (χ0n) is 18.2. The van der Waals surface area contributed by atoms with Gasteiger partial charge in [0.2, 0.25) is 0 Å². The summed E-state index contributed by atoms with van der Waals surface area (Å²) in [6, 6.07) is 0.880. The van der Waals surface area contributed by atoms with E-state index in [1.165, 1.54) is 6.92 Å². The van der Waals surface area contributed by atoms with Crippen molar-refractivity contribution in [1.82, 2.24) is 19.1 Å². The fourth-order valence-corrected chi connectivity index (χ4v) is 4.15. The van der Waals surface area contributed by atoms with Gasteiger partial charge in [-0.05, 0) is 6.92 Å². The van der Waals surface area contributed by atoms with Gasteiger partial charge in [-0.2, -0.15) is 0 Å². The number of nitrogens with one attached hydrogen (secondary N) is 2. The maximum atomic E-state index is 12.8. The van der Waals surface area contributed by atoms with E-state index in [4.69, 9.17) is 14.2 Å². The van der Waals surface area contributed by atoms with Crippen molar-refractivity contribution in [2.24, 2.45) is 0 Å². The number of H-pyrrole nitrogens is 2. The first-order valence-electron chi connectivity index (χ1n) is 10.4. The predicted molar refractivity (Wildman–Crippen MR) is 111 cm³/mol. The van der Waals surface area contributed by atoms with Crippen molar-refractivity contribution < 1.29 is 39.7 Å². The third-order valence-electron chi connectivity index (χ3n) is 5.94. The van der Waals surface area contributed by atoms with Crippen LogP contribution in [-0.4, -0.2) is 88.4 Å². The molecule has 4 heterocycles. The van der Waals surface area contributed by atoms with E-state index in [9.17, 15) is 44.7 Å². The van der Waals surface area contributed by atoms with Gasteiger partial charge in [0, 0.05) is 24.0 Å². The van der Waals surface area contributed by atoms with E-state index < -0.39 is 84.5 Å². The van der Waals surface area contributed by atoms with Crippen LogP contribution >= 0.6 is 0 Å². The molecule has 0 aromatic carbocycles. The van der Waals surface area contributed by atoms with Crippen LogP contribution < -0.4 is 22.5 Å². The summed E-state index contributed by atoms with van der Waals surface area (Å²) < 4.78 is 18.5. The van der Waals surface area contributed by atoms with Gasteiger partial charge in [0.25, 0.3) is 22.9 Å². The van der Waals surface area contributed by atoms with Gasteiger partial charge < -0.3 is 35.0 Å². The highest BCUT2D eigenvalue weighted by atomic mass is 16.8. The number of aromatic amines is 2. The minimum absolute atomic E-state index is 0.00882. The predicted octanol–water partition coefficient (Wildman–Crippen LogP) is -5.11. The highest BCUT2D eigenvalue weighted by Gasteiger charge is 2.63. The molecule has 2 aromatic heterocycles. The van der Waals surface area contributed by atoms with Crippen molar-refractivity contribution in [1.29, 1.82) is 0 Å². The van der Waals surface area contributed by atoms with Crippen molar-refractivity contribution in [2.45, 2.75) is 55.7 Å². The number of hydrogen-bond donors (Lipinski definition) is 7. The Kier molecular flexibility index (Phi) is 6.41. The monoisotopic (exact) mass is 500 g/mol. The molecule has 0 radical (unpaired) electrons. The molecular weight excluding hydrogens is 476 g/mol. The fraction of sp³-hybridized carbons (Fsp3) is 0.579. The normalized spacial score (nSPS) is 35.0. The number of aliphatic hydroxyl groups is 5. The average molecular weight is 500 g/mol. The highest BCUT2D eigenvalue weighted by molar-refractivity contribution is 5.05. The van der Waals surface area contributed by atoms with Gasteiger partial charge >= 0.3 is 11.4 Å². The average Bonchev–Trinajstić information content (AvgIpc) is 3.25. The van der Waals surface area contributed by atoms with E-state index >= 15 is 0 Å². The molecule has 0 bridgehead atoms. The lowest BCUT2D eigenvalue weighted by Crippen LogP contribution is -2.59. The maximum Gasteiger partial charge on any atom is 0.332 e. The Morgan fingerprint density at radius 1 is 1.03 bits per heavy atom. The number of aromatic nitrogens is 4. The lowest BCUT2D eigenvalue weighted by Gasteiger charge is -2.41. The van der Waals surface area contributed by atoms with Crippen LogP contribution in [0.15, 0.2) is 37.6 Å². The van der Waals surface area contributed by atoms with Crippen molar-refractivity contribution in [3.8, 4) is 0 Å². The van der Waals surface area contributed by atoms with E-state index in [1.54, 1.807) is 0 Å². The summed E-state index contributed by atoms with van der Waals surface area (Å²) in [4.78, 5) is 53.0. The lowest BCUT2D eigenvalue weighted by atomic mass is 10.1. The molecule has 4 rings (SSSR count). The second kappa shape index (κ2) is 8.92.